The number of hydrogen-bond donors (Lipinski definition) is 1. The summed E-state index contributed by atoms with van der Waals surface area (Å²) in [5.74, 6) is 0.928. The number of imidazole rings is 1. The fourth-order valence-corrected chi connectivity index (χ4v) is 1.59. The Hall–Kier alpha value is -0.870. The van der Waals surface area contributed by atoms with Crippen molar-refractivity contribution in [3.8, 4) is 0 Å². The van der Waals surface area contributed by atoms with Gasteiger partial charge in [-0.1, -0.05) is 6.92 Å². The summed E-state index contributed by atoms with van der Waals surface area (Å²) >= 11 is 0. The van der Waals surface area contributed by atoms with Crippen molar-refractivity contribution in [2.75, 3.05) is 6.61 Å². The molecule has 17 heavy (non-hydrogen) atoms. The van der Waals surface area contributed by atoms with Gasteiger partial charge in [0.15, 0.2) is 0 Å². The van der Waals surface area contributed by atoms with E-state index in [1.807, 2.05) is 27.0 Å². The van der Waals surface area contributed by atoms with Gasteiger partial charge < -0.3 is 14.4 Å². The van der Waals surface area contributed by atoms with E-state index >= 15 is 0 Å². The summed E-state index contributed by atoms with van der Waals surface area (Å²) in [7, 11) is 0. The maximum Gasteiger partial charge on any atom is 0.111 e. The number of rotatable bonds is 6. The third kappa shape index (κ3) is 5.33. The largest absolute Gasteiger partial charge is 0.390 e. The lowest BCUT2D eigenvalue weighted by molar-refractivity contribution is -0.0488. The van der Waals surface area contributed by atoms with Crippen molar-refractivity contribution in [3.63, 3.8) is 0 Å². The van der Waals surface area contributed by atoms with E-state index in [1.54, 1.807) is 6.20 Å². The van der Waals surface area contributed by atoms with Crippen molar-refractivity contribution in [1.82, 2.24) is 9.55 Å². The second-order valence-corrected chi connectivity index (χ2v) is 5.32. The average Bonchev–Trinajstić information content (AvgIpc) is 2.63. The van der Waals surface area contributed by atoms with Gasteiger partial charge in [0.1, 0.15) is 5.82 Å². The first kappa shape index (κ1) is 14.2. The number of nitrogens with zero attached hydrogens (tertiary/aromatic N) is 2. The molecule has 1 rings (SSSR count). The van der Waals surface area contributed by atoms with Crippen molar-refractivity contribution in [3.05, 3.63) is 18.2 Å². The summed E-state index contributed by atoms with van der Waals surface area (Å²) in [4.78, 5) is 4.27. The van der Waals surface area contributed by atoms with Crippen molar-refractivity contribution < 1.29 is 9.84 Å². The normalized spacial score (nSPS) is 13.9. The van der Waals surface area contributed by atoms with E-state index in [1.165, 1.54) is 0 Å². The molecule has 98 valence electrons. The summed E-state index contributed by atoms with van der Waals surface area (Å²) < 4.78 is 7.64. The van der Waals surface area contributed by atoms with Crippen LogP contribution >= 0.6 is 0 Å². The first-order valence-electron chi connectivity index (χ1n) is 6.24. The Bertz CT molecular complexity index is 328. The number of aryl methyl sites for hydroxylation is 1. The summed E-state index contributed by atoms with van der Waals surface area (Å²) in [6.45, 7) is 9.38. The van der Waals surface area contributed by atoms with Gasteiger partial charge in [-0.2, -0.15) is 0 Å². The molecule has 0 aliphatic heterocycles. The predicted octanol–water partition coefficient (Wildman–Crippen LogP) is 2.01. The predicted molar refractivity (Wildman–Crippen MR) is 67.9 cm³/mol. The lowest BCUT2D eigenvalue weighted by Gasteiger charge is -2.22. The lowest BCUT2D eigenvalue weighted by Crippen LogP contribution is -2.28. The molecule has 1 unspecified atom stereocenters. The number of ether oxygens (including phenoxy) is 1. The molecule has 1 heterocycles. The zero-order chi connectivity index (χ0) is 12.9. The van der Waals surface area contributed by atoms with E-state index in [2.05, 4.69) is 16.5 Å². The van der Waals surface area contributed by atoms with Gasteiger partial charge in [0, 0.05) is 25.4 Å². The van der Waals surface area contributed by atoms with Crippen LogP contribution in [-0.4, -0.2) is 33.0 Å². The minimum atomic E-state index is -0.493. The monoisotopic (exact) mass is 240 g/mol. The summed E-state index contributed by atoms with van der Waals surface area (Å²) in [6, 6.07) is 0. The van der Waals surface area contributed by atoms with Crippen LogP contribution in [0.1, 0.15) is 39.9 Å². The van der Waals surface area contributed by atoms with Gasteiger partial charge in [0.25, 0.3) is 0 Å². The first-order chi connectivity index (χ1) is 7.92. The number of aromatic nitrogens is 2. The maximum atomic E-state index is 9.90. The molecule has 0 aromatic carbocycles. The SMILES string of the molecule is CCCn1ccnc1CC(O)COC(C)(C)C. The van der Waals surface area contributed by atoms with Gasteiger partial charge in [-0.05, 0) is 27.2 Å². The third-order valence-electron chi connectivity index (χ3n) is 2.39. The number of aliphatic hydroxyl groups is 1. The van der Waals surface area contributed by atoms with Gasteiger partial charge in [0.05, 0.1) is 18.3 Å². The van der Waals surface area contributed by atoms with Crippen molar-refractivity contribution in [1.29, 1.82) is 0 Å². The second kappa shape index (κ2) is 6.17. The molecule has 4 heteroatoms. The van der Waals surface area contributed by atoms with Crippen LogP contribution in [0.2, 0.25) is 0 Å². The van der Waals surface area contributed by atoms with Crippen LogP contribution in [0.15, 0.2) is 12.4 Å². The molecule has 0 spiro atoms. The zero-order valence-electron chi connectivity index (χ0n) is 11.3. The lowest BCUT2D eigenvalue weighted by atomic mass is 10.2. The Balaban J connectivity index is 2.44. The Morgan fingerprint density at radius 3 is 2.76 bits per heavy atom. The van der Waals surface area contributed by atoms with E-state index in [0.29, 0.717) is 13.0 Å². The molecule has 0 amide bonds. The van der Waals surface area contributed by atoms with Gasteiger partial charge in [-0.15, -0.1) is 0 Å². The van der Waals surface area contributed by atoms with E-state index in [4.69, 9.17) is 4.74 Å². The smallest absolute Gasteiger partial charge is 0.111 e. The molecular formula is C13H24N2O2. The molecule has 0 radical (unpaired) electrons. The summed E-state index contributed by atoms with van der Waals surface area (Å²) in [6.07, 6.45) is 4.85. The standard InChI is InChI=1S/C13H24N2O2/c1-5-7-15-8-6-14-12(15)9-11(16)10-17-13(2,3)4/h6,8,11,16H,5,7,9-10H2,1-4H3. The Labute approximate surface area is 104 Å². The topological polar surface area (TPSA) is 47.3 Å². The molecule has 4 nitrogen and oxygen atoms in total. The molecule has 1 aromatic rings. The van der Waals surface area contributed by atoms with Crippen molar-refractivity contribution in [2.24, 2.45) is 0 Å². The Morgan fingerprint density at radius 2 is 2.18 bits per heavy atom. The Kier molecular flexibility index (Phi) is 5.15. The second-order valence-electron chi connectivity index (χ2n) is 5.32. The van der Waals surface area contributed by atoms with E-state index < -0.39 is 6.10 Å². The highest BCUT2D eigenvalue weighted by Gasteiger charge is 2.15. The van der Waals surface area contributed by atoms with Gasteiger partial charge in [-0.3, -0.25) is 0 Å². The number of hydrogen-bond acceptors (Lipinski definition) is 3. The maximum absolute atomic E-state index is 9.90. The van der Waals surface area contributed by atoms with Crippen molar-refractivity contribution >= 4 is 0 Å². The molecule has 0 aliphatic rings. The molecule has 0 bridgehead atoms. The molecule has 0 saturated heterocycles. The Morgan fingerprint density at radius 1 is 1.47 bits per heavy atom. The highest BCUT2D eigenvalue weighted by atomic mass is 16.5. The van der Waals surface area contributed by atoms with Crippen LogP contribution in [0.4, 0.5) is 0 Å². The molecule has 0 saturated carbocycles. The summed E-state index contributed by atoms with van der Waals surface area (Å²) in [5.41, 5.74) is -0.209. The van der Waals surface area contributed by atoms with Gasteiger partial charge in [0.2, 0.25) is 0 Å². The molecule has 1 N–H and O–H groups in total. The first-order valence-corrected chi connectivity index (χ1v) is 6.24. The molecule has 0 aliphatic carbocycles. The van der Waals surface area contributed by atoms with Crippen LogP contribution in [-0.2, 0) is 17.7 Å². The molecular weight excluding hydrogens is 216 g/mol. The molecule has 1 aromatic heterocycles. The van der Waals surface area contributed by atoms with Gasteiger partial charge >= 0.3 is 0 Å². The van der Waals surface area contributed by atoms with Crippen LogP contribution in [0, 0.1) is 0 Å². The van der Waals surface area contributed by atoms with Crippen LogP contribution in [0.3, 0.4) is 0 Å². The minimum Gasteiger partial charge on any atom is -0.390 e. The number of aliphatic hydroxyl groups excluding tert-OH is 1. The third-order valence-corrected chi connectivity index (χ3v) is 2.39. The fraction of sp³-hybridized carbons (Fsp3) is 0.769. The van der Waals surface area contributed by atoms with Gasteiger partial charge in [-0.25, -0.2) is 4.98 Å². The van der Waals surface area contributed by atoms with Crippen molar-refractivity contribution in [2.45, 2.75) is 58.8 Å². The van der Waals surface area contributed by atoms with E-state index in [9.17, 15) is 5.11 Å². The van der Waals surface area contributed by atoms with Crippen LogP contribution in [0.5, 0.6) is 0 Å². The quantitative estimate of drug-likeness (QED) is 0.827. The van der Waals surface area contributed by atoms with E-state index in [0.717, 1.165) is 18.8 Å². The highest BCUT2D eigenvalue weighted by molar-refractivity contribution is 4.94. The molecule has 1 atom stereocenters. The zero-order valence-corrected chi connectivity index (χ0v) is 11.3. The highest BCUT2D eigenvalue weighted by Crippen LogP contribution is 2.09. The van der Waals surface area contributed by atoms with Crippen LogP contribution in [0.25, 0.3) is 0 Å². The molecule has 0 fully saturated rings. The summed E-state index contributed by atoms with van der Waals surface area (Å²) in [5, 5.41) is 9.90. The van der Waals surface area contributed by atoms with Crippen LogP contribution < -0.4 is 0 Å². The fourth-order valence-electron chi connectivity index (χ4n) is 1.59. The minimum absolute atomic E-state index is 0.209. The van der Waals surface area contributed by atoms with E-state index in [-0.39, 0.29) is 5.60 Å². The average molecular weight is 240 g/mol.